The van der Waals surface area contributed by atoms with E-state index < -0.39 is 41.2 Å². The van der Waals surface area contributed by atoms with Crippen molar-refractivity contribution in [1.82, 2.24) is 16.0 Å². The average molecular weight is 732 g/mol. The van der Waals surface area contributed by atoms with Gasteiger partial charge in [0.2, 0.25) is 0 Å². The number of rotatable bonds is 14. The molecular formula is C32H48F3N7O5S2. The second kappa shape index (κ2) is 18.3. The van der Waals surface area contributed by atoms with E-state index in [1.807, 2.05) is 6.92 Å². The topological polar surface area (TPSA) is 168 Å². The summed E-state index contributed by atoms with van der Waals surface area (Å²) in [4.78, 5) is 37.9. The molecule has 2 aromatic carbocycles. The van der Waals surface area contributed by atoms with Crippen LogP contribution in [0.4, 0.5) is 50.3 Å². The Balaban J connectivity index is 2.06. The van der Waals surface area contributed by atoms with Crippen molar-refractivity contribution in [2.45, 2.75) is 87.4 Å². The number of alkyl carbamates (subject to hydrolysis) is 2. The van der Waals surface area contributed by atoms with Gasteiger partial charge in [0.1, 0.15) is 11.2 Å². The van der Waals surface area contributed by atoms with Gasteiger partial charge in [0.25, 0.3) is 0 Å². The predicted molar refractivity (Wildman–Crippen MR) is 192 cm³/mol. The third-order valence-corrected chi connectivity index (χ3v) is 8.24. The molecule has 0 heterocycles. The quantitative estimate of drug-likeness (QED) is 0.0447. The summed E-state index contributed by atoms with van der Waals surface area (Å²) in [5.41, 5.74) is 4.64. The number of anilines is 4. The fraction of sp³-hybridized carbons (Fsp3) is 0.531. The van der Waals surface area contributed by atoms with Crippen molar-refractivity contribution in [3.8, 4) is 0 Å². The van der Waals surface area contributed by atoms with Gasteiger partial charge in [0.15, 0.2) is 0 Å². The fourth-order valence-corrected chi connectivity index (χ4v) is 5.98. The first-order valence-electron chi connectivity index (χ1n) is 15.5. The lowest BCUT2D eigenvalue weighted by Crippen LogP contribution is -2.34. The van der Waals surface area contributed by atoms with Gasteiger partial charge in [0.05, 0.1) is 21.5 Å². The van der Waals surface area contributed by atoms with Crippen molar-refractivity contribution in [2.75, 3.05) is 54.1 Å². The molecule has 49 heavy (non-hydrogen) atoms. The molecule has 0 aliphatic heterocycles. The van der Waals surface area contributed by atoms with E-state index in [1.54, 1.807) is 66.8 Å². The Hall–Kier alpha value is -3.70. The molecule has 8 N–H and O–H groups in total. The van der Waals surface area contributed by atoms with E-state index in [-0.39, 0.29) is 33.9 Å². The van der Waals surface area contributed by atoms with Gasteiger partial charge in [-0.15, -0.1) is 23.5 Å². The highest BCUT2D eigenvalue weighted by Crippen LogP contribution is 2.40. The Bertz CT molecular complexity index is 1430. The maximum atomic E-state index is 13.6. The van der Waals surface area contributed by atoms with Crippen molar-refractivity contribution in [1.29, 1.82) is 0 Å². The van der Waals surface area contributed by atoms with Crippen molar-refractivity contribution in [3.63, 3.8) is 0 Å². The van der Waals surface area contributed by atoms with Crippen LogP contribution in [0.2, 0.25) is 0 Å². The number of amides is 4. The summed E-state index contributed by atoms with van der Waals surface area (Å²) in [6, 6.07) is 6.03. The molecule has 0 radical (unpaired) electrons. The molecule has 0 aliphatic rings. The van der Waals surface area contributed by atoms with Crippen molar-refractivity contribution < 1.29 is 37.0 Å². The summed E-state index contributed by atoms with van der Waals surface area (Å²) in [5, 5.41) is 16.9. The molecule has 1 unspecified atom stereocenters. The van der Waals surface area contributed by atoms with Crippen LogP contribution in [0.3, 0.4) is 0 Å². The second-order valence-electron chi connectivity index (χ2n) is 12.8. The van der Waals surface area contributed by atoms with Crippen molar-refractivity contribution in [3.05, 3.63) is 35.9 Å². The molecule has 0 fully saturated rings. The number of thioether (sulfide) groups is 2. The maximum absolute atomic E-state index is 13.6. The van der Waals surface area contributed by atoms with Gasteiger partial charge in [-0.3, -0.25) is 0 Å². The Labute approximate surface area is 294 Å². The van der Waals surface area contributed by atoms with E-state index in [2.05, 4.69) is 31.9 Å². The van der Waals surface area contributed by atoms with Crippen molar-refractivity contribution >= 4 is 64.5 Å². The van der Waals surface area contributed by atoms with E-state index in [9.17, 15) is 27.6 Å². The number of carbonyl (C=O) groups is 3. The standard InChI is InChI=1S/C32H48F3N7O5S2/c1-19(38-12-9-13-39-28(44)46-30(2,3)4)49-25-18-21(10-11-23(25)37-8)41-27(43)42-24-17-20(32(33,34)35)16-22(36)26(24)48-15-14-40-29(45)47-31(5,6)7/h10-11,16-19,37-38H,9,12-15,36H2,1-8H3,(H,39,44)(H,40,45)(H2,41,42,43). The van der Waals surface area contributed by atoms with Crippen LogP contribution in [0.5, 0.6) is 0 Å². The minimum absolute atomic E-state index is 0.0461. The van der Waals surface area contributed by atoms with E-state index in [0.717, 1.165) is 34.5 Å². The molecule has 1 atom stereocenters. The van der Waals surface area contributed by atoms with Gasteiger partial charge >= 0.3 is 24.4 Å². The number of nitrogens with two attached hydrogens (primary N) is 1. The molecule has 0 saturated carbocycles. The number of hydrogen-bond acceptors (Lipinski definition) is 10. The van der Waals surface area contributed by atoms with Crippen LogP contribution >= 0.6 is 23.5 Å². The summed E-state index contributed by atoms with van der Waals surface area (Å²) in [6.07, 6.45) is -5.13. The molecule has 0 bridgehead atoms. The zero-order valence-electron chi connectivity index (χ0n) is 29.1. The van der Waals surface area contributed by atoms with Crippen LogP contribution in [0.25, 0.3) is 0 Å². The van der Waals surface area contributed by atoms with Crippen LogP contribution in [0.15, 0.2) is 40.1 Å². The summed E-state index contributed by atoms with van der Waals surface area (Å²) in [7, 11) is 1.76. The number of halogens is 3. The third-order valence-electron chi connectivity index (χ3n) is 5.98. The number of hydrogen-bond donors (Lipinski definition) is 7. The van der Waals surface area contributed by atoms with Gasteiger partial charge in [-0.1, -0.05) is 0 Å². The van der Waals surface area contributed by atoms with Crippen LogP contribution in [0, 0.1) is 0 Å². The first kappa shape index (κ1) is 41.5. The van der Waals surface area contributed by atoms with E-state index in [0.29, 0.717) is 25.2 Å². The molecule has 0 spiro atoms. The largest absolute Gasteiger partial charge is 0.444 e. The lowest BCUT2D eigenvalue weighted by molar-refractivity contribution is -0.137. The van der Waals surface area contributed by atoms with Gasteiger partial charge < -0.3 is 47.1 Å². The summed E-state index contributed by atoms with van der Waals surface area (Å²) >= 11 is 2.57. The van der Waals surface area contributed by atoms with Crippen LogP contribution < -0.4 is 37.6 Å². The SMILES string of the molecule is CNc1ccc(NC(=O)Nc2cc(C(F)(F)F)cc(N)c2SCCNC(=O)OC(C)(C)C)cc1SC(C)NCCCNC(=O)OC(C)(C)C. The molecule has 0 aliphatic carbocycles. The molecule has 4 amide bonds. The molecule has 0 aromatic heterocycles. The minimum Gasteiger partial charge on any atom is -0.444 e. The first-order valence-corrected chi connectivity index (χ1v) is 17.4. The van der Waals surface area contributed by atoms with Crippen LogP contribution in [0.1, 0.15) is 60.5 Å². The van der Waals surface area contributed by atoms with Crippen LogP contribution in [-0.4, -0.2) is 67.2 Å². The second-order valence-corrected chi connectivity index (χ2v) is 15.2. The van der Waals surface area contributed by atoms with Gasteiger partial charge in [-0.05, 0) is 91.8 Å². The Kier molecular flexibility index (Phi) is 15.5. The number of alkyl halides is 3. The highest BCUT2D eigenvalue weighted by atomic mass is 32.2. The van der Waals surface area contributed by atoms with E-state index in [1.165, 1.54) is 11.8 Å². The van der Waals surface area contributed by atoms with Crippen molar-refractivity contribution in [2.24, 2.45) is 0 Å². The lowest BCUT2D eigenvalue weighted by atomic mass is 10.1. The monoisotopic (exact) mass is 731 g/mol. The number of carbonyl (C=O) groups excluding carboxylic acids is 3. The molecule has 2 rings (SSSR count). The maximum Gasteiger partial charge on any atom is 0.416 e. The number of nitrogens with one attached hydrogen (secondary N) is 6. The predicted octanol–water partition coefficient (Wildman–Crippen LogP) is 7.53. The Morgan fingerprint density at radius 1 is 0.857 bits per heavy atom. The molecule has 274 valence electrons. The highest BCUT2D eigenvalue weighted by Gasteiger charge is 2.32. The summed E-state index contributed by atoms with van der Waals surface area (Å²) in [6.45, 7) is 13.7. The van der Waals surface area contributed by atoms with Gasteiger partial charge in [0, 0.05) is 47.8 Å². The molecule has 12 nitrogen and oxygen atoms in total. The molecule has 0 saturated heterocycles. The summed E-state index contributed by atoms with van der Waals surface area (Å²) < 4.78 is 51.3. The normalized spacial score (nSPS) is 12.5. The summed E-state index contributed by atoms with van der Waals surface area (Å²) in [5.74, 6) is 0.240. The number of nitrogen functional groups attached to an aromatic ring is 1. The Morgan fingerprint density at radius 2 is 1.47 bits per heavy atom. The van der Waals surface area contributed by atoms with E-state index >= 15 is 0 Å². The van der Waals surface area contributed by atoms with E-state index in [4.69, 9.17) is 15.2 Å². The average Bonchev–Trinajstić information content (AvgIpc) is 2.93. The van der Waals surface area contributed by atoms with Gasteiger partial charge in [-0.25, -0.2) is 14.4 Å². The smallest absolute Gasteiger partial charge is 0.416 e. The zero-order chi connectivity index (χ0) is 37.0. The Morgan fingerprint density at radius 3 is 2.04 bits per heavy atom. The zero-order valence-corrected chi connectivity index (χ0v) is 30.7. The molecule has 2 aromatic rings. The molecular weight excluding hydrogens is 684 g/mol. The minimum atomic E-state index is -4.70. The number of urea groups is 1. The lowest BCUT2D eigenvalue weighted by Gasteiger charge is -2.20. The molecule has 17 heteroatoms. The van der Waals surface area contributed by atoms with Gasteiger partial charge in [-0.2, -0.15) is 13.2 Å². The fourth-order valence-electron chi connectivity index (χ4n) is 4.01. The number of benzene rings is 2. The third kappa shape index (κ3) is 16.0. The first-order chi connectivity index (χ1) is 22.7. The van der Waals surface area contributed by atoms with Crippen LogP contribution in [-0.2, 0) is 15.7 Å². The number of ether oxygens (including phenoxy) is 2. The highest BCUT2D eigenvalue weighted by molar-refractivity contribution is 8.00.